The van der Waals surface area contributed by atoms with Crippen LogP contribution in [0.5, 0.6) is 0 Å². The Bertz CT molecular complexity index is 2110. The molecular formula is C37H24S2. The minimum Gasteiger partial charge on any atom is -0.143 e. The Morgan fingerprint density at radius 1 is 0.538 bits per heavy atom. The summed E-state index contributed by atoms with van der Waals surface area (Å²) in [6, 6.07) is 39.6. The summed E-state index contributed by atoms with van der Waals surface area (Å²) in [5.41, 5.74) is 7.75. The predicted molar refractivity (Wildman–Crippen MR) is 175 cm³/mol. The van der Waals surface area contributed by atoms with Crippen LogP contribution in [0.4, 0.5) is 0 Å². The van der Waals surface area contributed by atoms with Crippen LogP contribution >= 0.6 is 25.3 Å². The van der Waals surface area contributed by atoms with E-state index in [1.54, 1.807) is 0 Å². The largest absolute Gasteiger partial charge is 0.143 e. The lowest BCUT2D eigenvalue weighted by Crippen LogP contribution is -1.98. The molecule has 1 aliphatic rings. The van der Waals surface area contributed by atoms with Gasteiger partial charge in [0.25, 0.3) is 0 Å². The van der Waals surface area contributed by atoms with Crippen LogP contribution in [0.2, 0.25) is 0 Å². The average molecular weight is 533 g/mol. The van der Waals surface area contributed by atoms with Gasteiger partial charge in [-0.25, -0.2) is 0 Å². The maximum absolute atomic E-state index is 4.97. The SMILES string of the molecule is Sc1ccc(-c2cc3c4c(c(-c5c6ccccc6c(S)c6ccccc56)ccc4c2)C=CC3)c2ccccc12. The fourth-order valence-corrected chi connectivity index (χ4v) is 7.19. The number of rotatable bonds is 2. The molecule has 1 aliphatic carbocycles. The van der Waals surface area contributed by atoms with Crippen molar-refractivity contribution in [2.24, 2.45) is 0 Å². The van der Waals surface area contributed by atoms with E-state index in [1.807, 2.05) is 0 Å². The van der Waals surface area contributed by atoms with Gasteiger partial charge >= 0.3 is 0 Å². The highest BCUT2D eigenvalue weighted by molar-refractivity contribution is 7.81. The molecule has 0 N–H and O–H groups in total. The van der Waals surface area contributed by atoms with Crippen molar-refractivity contribution in [1.29, 1.82) is 0 Å². The molecule has 0 spiro atoms. The number of benzene rings is 7. The zero-order chi connectivity index (χ0) is 26.1. The fraction of sp³-hybridized carbons (Fsp3) is 0.0270. The molecule has 0 nitrogen and oxygen atoms in total. The summed E-state index contributed by atoms with van der Waals surface area (Å²) >= 11 is 9.69. The van der Waals surface area contributed by atoms with Crippen LogP contribution in [-0.4, -0.2) is 0 Å². The van der Waals surface area contributed by atoms with Gasteiger partial charge in [0.15, 0.2) is 0 Å². The Morgan fingerprint density at radius 2 is 1.15 bits per heavy atom. The van der Waals surface area contributed by atoms with Gasteiger partial charge in [0, 0.05) is 9.79 Å². The molecule has 0 aliphatic heterocycles. The molecule has 0 atom stereocenters. The Balaban J connectivity index is 1.43. The van der Waals surface area contributed by atoms with E-state index < -0.39 is 0 Å². The van der Waals surface area contributed by atoms with Crippen molar-refractivity contribution < 1.29 is 0 Å². The average Bonchev–Trinajstić information content (AvgIpc) is 2.99. The summed E-state index contributed by atoms with van der Waals surface area (Å²) in [6.45, 7) is 0. The van der Waals surface area contributed by atoms with E-state index in [-0.39, 0.29) is 0 Å². The topological polar surface area (TPSA) is 0 Å². The zero-order valence-corrected chi connectivity index (χ0v) is 22.9. The van der Waals surface area contributed by atoms with Gasteiger partial charge in [0.05, 0.1) is 0 Å². The second-order valence-electron chi connectivity index (χ2n) is 10.4. The lowest BCUT2D eigenvalue weighted by Gasteiger charge is -2.21. The molecule has 7 aromatic rings. The van der Waals surface area contributed by atoms with E-state index in [1.165, 1.54) is 76.5 Å². The third kappa shape index (κ3) is 3.42. The van der Waals surface area contributed by atoms with Crippen molar-refractivity contribution in [2.45, 2.75) is 16.2 Å². The summed E-state index contributed by atoms with van der Waals surface area (Å²) in [5.74, 6) is 0. The van der Waals surface area contributed by atoms with Gasteiger partial charge in [-0.05, 0) is 95.0 Å². The van der Waals surface area contributed by atoms with Crippen molar-refractivity contribution in [3.8, 4) is 22.3 Å². The molecule has 184 valence electrons. The molecular weight excluding hydrogens is 509 g/mol. The fourth-order valence-electron chi connectivity index (χ4n) is 6.53. The standard InChI is InChI=1S/C37H24S2/c38-34-19-18-25(26-9-1-2-10-27(26)34)24-20-22-8-7-15-28-31(17-16-23(21-24)35(22)28)36-29-11-3-5-13-32(29)37(39)33-14-6-4-12-30(33)36/h1-7,9-21,38-39H,8H2. The van der Waals surface area contributed by atoms with Crippen LogP contribution in [-0.2, 0) is 6.42 Å². The Kier molecular flexibility index (Phi) is 5.16. The smallest absolute Gasteiger partial charge is 0.0198 e. The van der Waals surface area contributed by atoms with Crippen LogP contribution < -0.4 is 0 Å². The molecule has 0 aromatic heterocycles. The lowest BCUT2D eigenvalue weighted by molar-refractivity contribution is 1.29. The van der Waals surface area contributed by atoms with E-state index in [4.69, 9.17) is 25.3 Å². The van der Waals surface area contributed by atoms with E-state index in [2.05, 4.69) is 121 Å². The molecule has 0 amide bonds. The maximum Gasteiger partial charge on any atom is 0.0198 e. The van der Waals surface area contributed by atoms with E-state index in [0.29, 0.717) is 0 Å². The first-order valence-corrected chi connectivity index (χ1v) is 14.2. The van der Waals surface area contributed by atoms with Crippen LogP contribution in [0.25, 0.3) is 71.4 Å². The first-order valence-electron chi connectivity index (χ1n) is 13.3. The van der Waals surface area contributed by atoms with Crippen LogP contribution in [0.1, 0.15) is 11.1 Å². The third-order valence-corrected chi connectivity index (χ3v) is 9.12. The molecule has 0 fully saturated rings. The van der Waals surface area contributed by atoms with Gasteiger partial charge < -0.3 is 0 Å². The van der Waals surface area contributed by atoms with Crippen LogP contribution in [0.15, 0.2) is 125 Å². The molecule has 0 saturated heterocycles. The Labute approximate surface area is 238 Å². The van der Waals surface area contributed by atoms with Crippen molar-refractivity contribution >= 4 is 74.4 Å². The molecule has 0 unspecified atom stereocenters. The molecule has 39 heavy (non-hydrogen) atoms. The van der Waals surface area contributed by atoms with E-state index in [0.717, 1.165) is 16.2 Å². The monoisotopic (exact) mass is 532 g/mol. The molecule has 0 radical (unpaired) electrons. The second kappa shape index (κ2) is 8.77. The Morgan fingerprint density at radius 3 is 1.87 bits per heavy atom. The van der Waals surface area contributed by atoms with Crippen LogP contribution in [0, 0.1) is 0 Å². The summed E-state index contributed by atoms with van der Waals surface area (Å²) < 4.78 is 0. The highest BCUT2D eigenvalue weighted by atomic mass is 32.1. The normalized spacial score (nSPS) is 12.7. The number of fused-ring (bicyclic) bond motifs is 3. The highest BCUT2D eigenvalue weighted by Crippen LogP contribution is 2.45. The van der Waals surface area contributed by atoms with Crippen molar-refractivity contribution in [1.82, 2.24) is 0 Å². The summed E-state index contributed by atoms with van der Waals surface area (Å²) in [5, 5.41) is 9.94. The van der Waals surface area contributed by atoms with Crippen molar-refractivity contribution in [2.75, 3.05) is 0 Å². The summed E-state index contributed by atoms with van der Waals surface area (Å²) in [7, 11) is 0. The number of allylic oxidation sites excluding steroid dienone is 1. The molecule has 0 heterocycles. The van der Waals surface area contributed by atoms with E-state index >= 15 is 0 Å². The van der Waals surface area contributed by atoms with Gasteiger partial charge in [-0.3, -0.25) is 0 Å². The number of thiol groups is 2. The van der Waals surface area contributed by atoms with Crippen molar-refractivity contribution in [3.63, 3.8) is 0 Å². The van der Waals surface area contributed by atoms with Gasteiger partial charge in [-0.15, -0.1) is 25.3 Å². The molecule has 0 bridgehead atoms. The highest BCUT2D eigenvalue weighted by Gasteiger charge is 2.20. The van der Waals surface area contributed by atoms with Gasteiger partial charge in [0.2, 0.25) is 0 Å². The molecule has 8 rings (SSSR count). The quantitative estimate of drug-likeness (QED) is 0.161. The number of hydrogen-bond acceptors (Lipinski definition) is 2. The second-order valence-corrected chi connectivity index (χ2v) is 11.3. The van der Waals surface area contributed by atoms with E-state index in [9.17, 15) is 0 Å². The molecule has 0 saturated carbocycles. The van der Waals surface area contributed by atoms with Gasteiger partial charge in [-0.1, -0.05) is 109 Å². The van der Waals surface area contributed by atoms with Gasteiger partial charge in [0.1, 0.15) is 0 Å². The first kappa shape index (κ1) is 23.0. The summed E-state index contributed by atoms with van der Waals surface area (Å²) in [4.78, 5) is 2.05. The third-order valence-electron chi connectivity index (χ3n) is 8.25. The van der Waals surface area contributed by atoms with Gasteiger partial charge in [-0.2, -0.15) is 0 Å². The number of hydrogen-bond donors (Lipinski definition) is 2. The van der Waals surface area contributed by atoms with Crippen LogP contribution in [0.3, 0.4) is 0 Å². The molecule has 7 aromatic carbocycles. The molecule has 2 heteroatoms. The first-order chi connectivity index (χ1) is 19.2. The lowest BCUT2D eigenvalue weighted by atomic mass is 9.83. The predicted octanol–water partition coefficient (Wildman–Crippen LogP) is 10.8. The minimum atomic E-state index is 0.931. The minimum absolute atomic E-state index is 0.931. The summed E-state index contributed by atoms with van der Waals surface area (Å²) in [6.07, 6.45) is 5.57. The van der Waals surface area contributed by atoms with Crippen molar-refractivity contribution in [3.05, 3.63) is 126 Å². The maximum atomic E-state index is 4.97. The Hall–Kier alpha value is -3.98. The zero-order valence-electron chi connectivity index (χ0n) is 21.1.